The third-order valence-electron chi connectivity index (χ3n) is 3.13. The average molecular weight is 311 g/mol. The lowest BCUT2D eigenvalue weighted by molar-refractivity contribution is 0.102. The molecule has 0 bridgehead atoms. The Balaban J connectivity index is 1.95. The molecule has 0 aliphatic carbocycles. The number of aromatic nitrogens is 2. The van der Waals surface area contributed by atoms with Gasteiger partial charge < -0.3 is 10.3 Å². The number of nitrogens with zero attached hydrogens (tertiary/aromatic N) is 1. The number of hydrogen-bond donors (Lipinski definition) is 2. The third kappa shape index (κ3) is 2.82. The van der Waals surface area contributed by atoms with E-state index in [1.165, 1.54) is 12.3 Å². The highest BCUT2D eigenvalue weighted by molar-refractivity contribution is 7.09. The lowest BCUT2D eigenvalue weighted by atomic mass is 10.1. The fourth-order valence-corrected chi connectivity index (χ4v) is 2.71. The second-order valence-corrected chi connectivity index (χ2v) is 5.73. The summed E-state index contributed by atoms with van der Waals surface area (Å²) < 4.78 is 0. The molecule has 110 valence electrons. The molecule has 0 radical (unpaired) electrons. The predicted molar refractivity (Wildman–Crippen MR) is 87.3 cm³/mol. The van der Waals surface area contributed by atoms with Gasteiger partial charge in [-0.15, -0.1) is 11.3 Å². The minimum Gasteiger partial charge on any atom is -0.328 e. The Hall–Kier alpha value is -2.73. The monoisotopic (exact) mass is 311 g/mol. The number of nitrogens with one attached hydrogen (secondary N) is 2. The maximum atomic E-state index is 12.3. The summed E-state index contributed by atoms with van der Waals surface area (Å²) in [6, 6.07) is 10.5. The van der Waals surface area contributed by atoms with E-state index in [0.29, 0.717) is 5.69 Å². The molecule has 1 amide bonds. The van der Waals surface area contributed by atoms with E-state index in [1.54, 1.807) is 23.5 Å². The van der Waals surface area contributed by atoms with Gasteiger partial charge in [0.2, 0.25) is 0 Å². The third-order valence-corrected chi connectivity index (χ3v) is 3.91. The smallest absolute Gasteiger partial charge is 0.261 e. The van der Waals surface area contributed by atoms with Crippen molar-refractivity contribution >= 4 is 22.9 Å². The van der Waals surface area contributed by atoms with Gasteiger partial charge in [0.15, 0.2) is 0 Å². The van der Waals surface area contributed by atoms with Gasteiger partial charge in [0, 0.05) is 17.1 Å². The number of aromatic amines is 1. The molecule has 0 aliphatic heterocycles. The van der Waals surface area contributed by atoms with Crippen LogP contribution in [0.3, 0.4) is 0 Å². The first-order chi connectivity index (χ1) is 10.6. The number of aryl methyl sites for hydroxylation is 1. The van der Waals surface area contributed by atoms with E-state index in [0.717, 1.165) is 16.3 Å². The maximum Gasteiger partial charge on any atom is 0.261 e. The second-order valence-electron chi connectivity index (χ2n) is 4.66. The normalized spacial score (nSPS) is 10.4. The van der Waals surface area contributed by atoms with Gasteiger partial charge in [-0.25, -0.2) is 4.98 Å². The number of carbonyl (C=O) groups excluding carboxylic acids is 1. The number of para-hydroxylation sites is 1. The van der Waals surface area contributed by atoms with Crippen LogP contribution in [0.4, 0.5) is 5.69 Å². The van der Waals surface area contributed by atoms with Gasteiger partial charge in [-0.2, -0.15) is 0 Å². The van der Waals surface area contributed by atoms with Crippen molar-refractivity contribution in [3.8, 4) is 11.3 Å². The first-order valence-electron chi connectivity index (χ1n) is 6.66. The van der Waals surface area contributed by atoms with Gasteiger partial charge in [0.05, 0.1) is 16.4 Å². The van der Waals surface area contributed by atoms with Crippen LogP contribution in [-0.4, -0.2) is 15.9 Å². The molecule has 0 aliphatic rings. The van der Waals surface area contributed by atoms with Gasteiger partial charge in [-0.05, 0) is 25.1 Å². The lowest BCUT2D eigenvalue weighted by Crippen LogP contribution is -2.22. The quantitative estimate of drug-likeness (QED) is 0.780. The van der Waals surface area contributed by atoms with Crippen molar-refractivity contribution in [2.75, 3.05) is 5.32 Å². The summed E-state index contributed by atoms with van der Waals surface area (Å²) in [6.07, 6.45) is 1.49. The molecule has 0 fully saturated rings. The van der Waals surface area contributed by atoms with Crippen molar-refractivity contribution < 1.29 is 4.79 Å². The van der Waals surface area contributed by atoms with Crippen molar-refractivity contribution in [3.05, 3.63) is 68.9 Å². The van der Waals surface area contributed by atoms with Gasteiger partial charge in [-0.1, -0.05) is 18.2 Å². The molecule has 2 aromatic heterocycles. The summed E-state index contributed by atoms with van der Waals surface area (Å²) in [4.78, 5) is 30.9. The number of carbonyl (C=O) groups is 1. The fourth-order valence-electron chi connectivity index (χ4n) is 2.09. The van der Waals surface area contributed by atoms with Crippen molar-refractivity contribution in [2.45, 2.75) is 6.92 Å². The highest BCUT2D eigenvalue weighted by atomic mass is 32.1. The van der Waals surface area contributed by atoms with Crippen LogP contribution in [0, 0.1) is 6.92 Å². The summed E-state index contributed by atoms with van der Waals surface area (Å²) in [5.74, 6) is -0.443. The number of pyridine rings is 1. The molecule has 0 atom stereocenters. The zero-order valence-corrected chi connectivity index (χ0v) is 12.6. The lowest BCUT2D eigenvalue weighted by Gasteiger charge is -2.09. The van der Waals surface area contributed by atoms with Crippen molar-refractivity contribution in [1.29, 1.82) is 0 Å². The predicted octanol–water partition coefficient (Wildman–Crippen LogP) is 3.06. The number of thiazole rings is 1. The van der Waals surface area contributed by atoms with Crippen LogP contribution in [0.5, 0.6) is 0 Å². The molecule has 22 heavy (non-hydrogen) atoms. The molecule has 2 N–H and O–H groups in total. The Morgan fingerprint density at radius 2 is 2.05 bits per heavy atom. The minimum absolute atomic E-state index is 0.0757. The van der Waals surface area contributed by atoms with Crippen molar-refractivity contribution in [3.63, 3.8) is 0 Å². The van der Waals surface area contributed by atoms with Crippen molar-refractivity contribution in [2.24, 2.45) is 0 Å². The molecule has 6 heteroatoms. The molecule has 0 saturated carbocycles. The Kier molecular flexibility index (Phi) is 3.84. The van der Waals surface area contributed by atoms with Gasteiger partial charge in [0.25, 0.3) is 11.5 Å². The van der Waals surface area contributed by atoms with E-state index in [-0.39, 0.29) is 5.56 Å². The molecule has 2 heterocycles. The van der Waals surface area contributed by atoms with Crippen LogP contribution in [0.15, 0.2) is 52.8 Å². The highest BCUT2D eigenvalue weighted by Crippen LogP contribution is 2.28. The summed E-state index contributed by atoms with van der Waals surface area (Å²) in [6.45, 7) is 1.93. The summed E-state index contributed by atoms with van der Waals surface area (Å²) in [5.41, 5.74) is 1.92. The number of rotatable bonds is 3. The fraction of sp³-hybridized carbons (Fsp3) is 0.0625. The maximum absolute atomic E-state index is 12.3. The zero-order chi connectivity index (χ0) is 15.5. The summed E-state index contributed by atoms with van der Waals surface area (Å²) in [5, 5.41) is 5.68. The Morgan fingerprint density at radius 1 is 1.23 bits per heavy atom. The molecule has 5 nitrogen and oxygen atoms in total. The van der Waals surface area contributed by atoms with E-state index in [1.807, 2.05) is 30.5 Å². The van der Waals surface area contributed by atoms with Crippen molar-refractivity contribution in [1.82, 2.24) is 9.97 Å². The molecular formula is C16H13N3O2S. The number of anilines is 1. The second kappa shape index (κ2) is 5.95. The van der Waals surface area contributed by atoms with Crippen LogP contribution < -0.4 is 10.9 Å². The van der Waals surface area contributed by atoms with Gasteiger partial charge in [0.1, 0.15) is 5.56 Å². The van der Waals surface area contributed by atoms with E-state index >= 15 is 0 Å². The number of H-pyrrole nitrogens is 1. The standard InChI is InChI=1S/C16H13N3O2S/c1-10-18-14(9-22-10)11-5-2-3-7-13(11)19-16(21)12-6-4-8-17-15(12)20/h2-9H,1H3,(H,17,20)(H,19,21). The molecule has 1 aromatic carbocycles. The van der Waals surface area contributed by atoms with Crippen LogP contribution in [0.2, 0.25) is 0 Å². The van der Waals surface area contributed by atoms with E-state index in [4.69, 9.17) is 0 Å². The van der Waals surface area contributed by atoms with Crippen LogP contribution in [-0.2, 0) is 0 Å². The van der Waals surface area contributed by atoms with Crippen LogP contribution >= 0.6 is 11.3 Å². The van der Waals surface area contributed by atoms with E-state index < -0.39 is 11.5 Å². The minimum atomic E-state index is -0.443. The molecule has 0 spiro atoms. The summed E-state index contributed by atoms with van der Waals surface area (Å²) >= 11 is 1.55. The first kappa shape index (κ1) is 14.2. The Labute approximate surface area is 130 Å². The topological polar surface area (TPSA) is 74.8 Å². The summed E-state index contributed by atoms with van der Waals surface area (Å²) in [7, 11) is 0. The van der Waals surface area contributed by atoms with E-state index in [2.05, 4.69) is 15.3 Å². The number of amides is 1. The molecular weight excluding hydrogens is 298 g/mol. The Morgan fingerprint density at radius 3 is 2.77 bits per heavy atom. The van der Waals surface area contributed by atoms with Crippen LogP contribution in [0.1, 0.15) is 15.4 Å². The van der Waals surface area contributed by atoms with Crippen LogP contribution in [0.25, 0.3) is 11.3 Å². The van der Waals surface area contributed by atoms with Gasteiger partial charge in [-0.3, -0.25) is 9.59 Å². The highest BCUT2D eigenvalue weighted by Gasteiger charge is 2.13. The number of hydrogen-bond acceptors (Lipinski definition) is 4. The zero-order valence-electron chi connectivity index (χ0n) is 11.8. The van der Waals surface area contributed by atoms with Gasteiger partial charge >= 0.3 is 0 Å². The Bertz CT molecular complexity index is 883. The molecule has 0 saturated heterocycles. The molecule has 3 aromatic rings. The van der Waals surface area contributed by atoms with E-state index in [9.17, 15) is 9.59 Å². The average Bonchev–Trinajstić information content (AvgIpc) is 2.94. The largest absolute Gasteiger partial charge is 0.328 e. The molecule has 3 rings (SSSR count). The SMILES string of the molecule is Cc1nc(-c2ccccc2NC(=O)c2ccc[nH]c2=O)cs1. The first-order valence-corrected chi connectivity index (χ1v) is 7.53. The number of benzene rings is 1. The molecule has 0 unspecified atom stereocenters.